The van der Waals surface area contributed by atoms with Crippen LogP contribution >= 0.6 is 23.2 Å². The third-order valence-corrected chi connectivity index (χ3v) is 7.92. The fraction of sp³-hybridized carbons (Fsp3) is 0.462. The average molecular weight is 542 g/mol. The van der Waals surface area contributed by atoms with Gasteiger partial charge < -0.3 is 14.6 Å². The third-order valence-electron chi connectivity index (χ3n) is 7.13. The molecule has 4 rings (SSSR count). The number of aliphatic hydroxyl groups is 1. The summed E-state index contributed by atoms with van der Waals surface area (Å²) in [6.07, 6.45) is -2.95. The Morgan fingerprint density at radius 2 is 1.81 bits per heavy atom. The van der Waals surface area contributed by atoms with Crippen molar-refractivity contribution in [1.29, 1.82) is 0 Å². The quantitative estimate of drug-likeness (QED) is 0.414. The zero-order valence-electron chi connectivity index (χ0n) is 20.5. The van der Waals surface area contributed by atoms with Crippen molar-refractivity contribution in [2.75, 3.05) is 13.1 Å². The molecule has 0 saturated carbocycles. The number of carbonyl (C=O) groups is 1. The normalized spacial score (nSPS) is 15.7. The third kappa shape index (κ3) is 5.08. The minimum Gasteiger partial charge on any atom is -0.390 e. The van der Waals surface area contributed by atoms with Gasteiger partial charge in [0.15, 0.2) is 0 Å². The summed E-state index contributed by atoms with van der Waals surface area (Å²) in [6.45, 7) is 6.17. The van der Waals surface area contributed by atoms with Gasteiger partial charge >= 0.3 is 6.18 Å². The van der Waals surface area contributed by atoms with Gasteiger partial charge in [0.25, 0.3) is 5.91 Å². The molecule has 3 aromatic rings. The Hall–Kier alpha value is -2.29. The zero-order chi connectivity index (χ0) is 26.6. The molecule has 0 bridgehead atoms. The Labute approximate surface area is 217 Å². The lowest BCUT2D eigenvalue weighted by Crippen LogP contribution is -2.44. The van der Waals surface area contributed by atoms with E-state index in [1.54, 1.807) is 49.4 Å². The summed E-state index contributed by atoms with van der Waals surface area (Å²) in [7, 11) is 1.65. The van der Waals surface area contributed by atoms with E-state index < -0.39 is 17.3 Å². The molecule has 1 aliphatic heterocycles. The standard InChI is InChI=1S/C26H28Cl2F3N3O2/c1-14-11-16(26(29,30)31)12-20-23(14)32-21(33(20)4)13-18-19(27)6-5-17(22(18)28)24(35)34-9-7-15(8-10-34)25(2,3)36/h5-6,11-12,15,36H,7-10,13H2,1-4H3. The molecule has 10 heteroatoms. The number of halogens is 5. The van der Waals surface area contributed by atoms with Crippen LogP contribution in [0.3, 0.4) is 0 Å². The van der Waals surface area contributed by atoms with Crippen molar-refractivity contribution in [2.24, 2.45) is 13.0 Å². The number of likely N-dealkylation sites (tertiary alicyclic amines) is 1. The van der Waals surface area contributed by atoms with Crippen molar-refractivity contribution in [2.45, 2.75) is 51.8 Å². The Bertz CT molecular complexity index is 1320. The van der Waals surface area contributed by atoms with E-state index >= 15 is 0 Å². The van der Waals surface area contributed by atoms with Gasteiger partial charge in [-0.3, -0.25) is 4.79 Å². The van der Waals surface area contributed by atoms with Gasteiger partial charge in [-0.05, 0) is 74.9 Å². The summed E-state index contributed by atoms with van der Waals surface area (Å²) in [5, 5.41) is 10.8. The van der Waals surface area contributed by atoms with Crippen LogP contribution in [-0.2, 0) is 19.6 Å². The van der Waals surface area contributed by atoms with E-state index in [4.69, 9.17) is 23.2 Å². The number of piperidine rings is 1. The lowest BCUT2D eigenvalue weighted by Gasteiger charge is -2.38. The second kappa shape index (κ2) is 9.54. The number of imidazole rings is 1. The average Bonchev–Trinajstić information content (AvgIpc) is 3.11. The number of carbonyl (C=O) groups excluding carboxylic acids is 1. The molecular formula is C26H28Cl2F3N3O2. The zero-order valence-corrected chi connectivity index (χ0v) is 22.0. The van der Waals surface area contributed by atoms with Gasteiger partial charge in [0.05, 0.1) is 32.8 Å². The molecule has 1 aliphatic rings. The highest BCUT2D eigenvalue weighted by Gasteiger charge is 2.34. The molecule has 1 fully saturated rings. The maximum Gasteiger partial charge on any atom is 0.416 e. The summed E-state index contributed by atoms with van der Waals surface area (Å²) in [5.74, 6) is 0.367. The summed E-state index contributed by atoms with van der Waals surface area (Å²) < 4.78 is 41.6. The van der Waals surface area contributed by atoms with Crippen molar-refractivity contribution in [3.63, 3.8) is 0 Å². The van der Waals surface area contributed by atoms with Crippen molar-refractivity contribution >= 4 is 40.1 Å². The Morgan fingerprint density at radius 3 is 2.39 bits per heavy atom. The monoisotopic (exact) mass is 541 g/mol. The molecule has 194 valence electrons. The SMILES string of the molecule is Cc1cc(C(F)(F)F)cc2c1nc(Cc1c(Cl)ccc(C(=O)N3CCC(C(C)(C)O)CC3)c1Cl)n2C. The molecule has 0 unspecified atom stereocenters. The topological polar surface area (TPSA) is 58.4 Å². The molecule has 1 amide bonds. The van der Waals surface area contributed by atoms with E-state index in [1.165, 1.54) is 0 Å². The van der Waals surface area contributed by atoms with Crippen LogP contribution in [0.15, 0.2) is 24.3 Å². The van der Waals surface area contributed by atoms with Gasteiger partial charge in [-0.15, -0.1) is 0 Å². The maximum absolute atomic E-state index is 13.3. The Balaban J connectivity index is 1.64. The Morgan fingerprint density at radius 1 is 1.17 bits per heavy atom. The summed E-state index contributed by atoms with van der Waals surface area (Å²) >= 11 is 13.1. The predicted octanol–water partition coefficient (Wildman–Crippen LogP) is 6.42. The van der Waals surface area contributed by atoms with Crippen LogP contribution in [0.25, 0.3) is 11.0 Å². The maximum atomic E-state index is 13.3. The molecule has 0 aliphatic carbocycles. The number of alkyl halides is 3. The minimum atomic E-state index is -4.47. The molecule has 1 N–H and O–H groups in total. The van der Waals surface area contributed by atoms with Crippen molar-refractivity contribution < 1.29 is 23.1 Å². The first-order valence-corrected chi connectivity index (χ1v) is 12.5. The molecule has 0 spiro atoms. The summed E-state index contributed by atoms with van der Waals surface area (Å²) in [6, 6.07) is 5.36. The van der Waals surface area contributed by atoms with Crippen LogP contribution in [-0.4, -0.2) is 44.2 Å². The smallest absolute Gasteiger partial charge is 0.390 e. The molecule has 0 radical (unpaired) electrons. The van der Waals surface area contributed by atoms with E-state index in [-0.39, 0.29) is 23.3 Å². The first-order valence-electron chi connectivity index (χ1n) is 11.7. The molecular weight excluding hydrogens is 514 g/mol. The Kier molecular flexibility index (Phi) is 7.09. The molecule has 2 aromatic carbocycles. The van der Waals surface area contributed by atoms with Crippen LogP contribution in [0.5, 0.6) is 0 Å². The van der Waals surface area contributed by atoms with E-state index in [0.717, 1.165) is 12.1 Å². The second-order valence-corrected chi connectivity index (χ2v) is 10.8. The minimum absolute atomic E-state index is 0.108. The first kappa shape index (κ1) is 26.8. The van der Waals surface area contributed by atoms with Gasteiger partial charge in [-0.1, -0.05) is 23.2 Å². The lowest BCUT2D eigenvalue weighted by atomic mass is 9.83. The largest absolute Gasteiger partial charge is 0.416 e. The molecule has 2 heterocycles. The van der Waals surface area contributed by atoms with Gasteiger partial charge in [-0.2, -0.15) is 13.2 Å². The first-order chi connectivity index (χ1) is 16.7. The van der Waals surface area contributed by atoms with E-state index in [1.807, 2.05) is 0 Å². The molecule has 36 heavy (non-hydrogen) atoms. The number of benzene rings is 2. The highest BCUT2D eigenvalue weighted by Crippen LogP contribution is 2.36. The number of fused-ring (bicyclic) bond motifs is 1. The number of rotatable bonds is 4. The van der Waals surface area contributed by atoms with E-state index in [2.05, 4.69) is 4.98 Å². The van der Waals surface area contributed by atoms with Crippen LogP contribution in [0, 0.1) is 12.8 Å². The second-order valence-electron chi connectivity index (χ2n) is 10.0. The summed E-state index contributed by atoms with van der Waals surface area (Å²) in [4.78, 5) is 19.6. The molecule has 1 aromatic heterocycles. The number of hydrogen-bond acceptors (Lipinski definition) is 3. The van der Waals surface area contributed by atoms with E-state index in [9.17, 15) is 23.1 Å². The van der Waals surface area contributed by atoms with Gasteiger partial charge in [0.2, 0.25) is 0 Å². The molecule has 1 saturated heterocycles. The highest BCUT2D eigenvalue weighted by molar-refractivity contribution is 6.38. The highest BCUT2D eigenvalue weighted by atomic mass is 35.5. The number of aryl methyl sites for hydroxylation is 2. The van der Waals surface area contributed by atoms with Crippen LogP contribution in [0.1, 0.15) is 59.6 Å². The number of aromatic nitrogens is 2. The van der Waals surface area contributed by atoms with Crippen molar-refractivity contribution in [1.82, 2.24) is 14.5 Å². The van der Waals surface area contributed by atoms with E-state index in [0.29, 0.717) is 64.5 Å². The van der Waals surface area contributed by atoms with Gasteiger partial charge in [0.1, 0.15) is 5.82 Å². The van der Waals surface area contributed by atoms with Gasteiger partial charge in [0, 0.05) is 31.6 Å². The number of amides is 1. The van der Waals surface area contributed by atoms with Crippen LogP contribution in [0.4, 0.5) is 13.2 Å². The fourth-order valence-corrected chi connectivity index (χ4v) is 5.45. The fourth-order valence-electron chi connectivity index (χ4n) is 4.87. The molecule has 0 atom stereocenters. The van der Waals surface area contributed by atoms with Crippen LogP contribution in [0.2, 0.25) is 10.0 Å². The van der Waals surface area contributed by atoms with Crippen molar-refractivity contribution in [3.8, 4) is 0 Å². The lowest BCUT2D eigenvalue weighted by molar-refractivity contribution is -0.137. The predicted molar refractivity (Wildman–Crippen MR) is 135 cm³/mol. The van der Waals surface area contributed by atoms with Gasteiger partial charge in [-0.25, -0.2) is 4.98 Å². The number of hydrogen-bond donors (Lipinski definition) is 1. The summed E-state index contributed by atoms with van der Waals surface area (Å²) in [5.41, 5.74) is 0.498. The molecule has 5 nitrogen and oxygen atoms in total. The van der Waals surface area contributed by atoms with Crippen molar-refractivity contribution in [3.05, 3.63) is 62.4 Å². The van der Waals surface area contributed by atoms with Crippen LogP contribution < -0.4 is 0 Å². The number of nitrogens with zero attached hydrogens (tertiary/aromatic N) is 3.